The summed E-state index contributed by atoms with van der Waals surface area (Å²) in [6.45, 7) is 15.5. The number of allylic oxidation sites excluding steroid dienone is 1. The van der Waals surface area contributed by atoms with Crippen LogP contribution >= 0.6 is 0 Å². The summed E-state index contributed by atoms with van der Waals surface area (Å²) in [4.78, 5) is 45.5. The number of aliphatic hydroxyl groups excluding tert-OH is 1. The van der Waals surface area contributed by atoms with Crippen molar-refractivity contribution in [2.45, 2.75) is 77.2 Å². The van der Waals surface area contributed by atoms with E-state index in [2.05, 4.69) is 13.2 Å². The highest BCUT2D eigenvalue weighted by Gasteiger charge is 2.75. The number of carbonyl (C=O) groups excluding carboxylic acids is 3. The molecule has 3 aliphatic rings. The number of aliphatic hydroxyl groups is 1. The zero-order valence-electron chi connectivity index (χ0n) is 23.6. The summed E-state index contributed by atoms with van der Waals surface area (Å²) in [5.41, 5.74) is 1.46. The molecule has 8 nitrogen and oxygen atoms in total. The molecule has 4 rings (SSSR count). The molecule has 2 bridgehead atoms. The first-order chi connectivity index (χ1) is 18.6. The van der Waals surface area contributed by atoms with Crippen LogP contribution < -0.4 is 4.90 Å². The van der Waals surface area contributed by atoms with Gasteiger partial charge in [-0.2, -0.15) is 0 Å². The van der Waals surface area contributed by atoms with E-state index in [-0.39, 0.29) is 37.5 Å². The van der Waals surface area contributed by atoms with Gasteiger partial charge in [0.2, 0.25) is 5.91 Å². The Hall–Kier alpha value is -2.97. The molecular formula is C31H42N2O6. The SMILES string of the molecule is C=CCCCOC(=O)[C@@H]1[C@@H]2CCC3(O2)C(C(=O)N(CC=C)c2c(C)cccc2C)N([C@@H](CO)C(C)C)C(=O)[C@H]13. The maximum Gasteiger partial charge on any atom is 0.312 e. The molecule has 212 valence electrons. The van der Waals surface area contributed by atoms with E-state index in [1.54, 1.807) is 17.1 Å². The Morgan fingerprint density at radius 3 is 2.54 bits per heavy atom. The largest absolute Gasteiger partial charge is 0.465 e. The number of nitrogens with zero attached hydrogens (tertiary/aromatic N) is 2. The number of carbonyl (C=O) groups is 3. The number of hydrogen-bond acceptors (Lipinski definition) is 6. The Balaban J connectivity index is 1.79. The minimum Gasteiger partial charge on any atom is -0.465 e. The summed E-state index contributed by atoms with van der Waals surface area (Å²) < 4.78 is 12.1. The minimum atomic E-state index is -1.16. The van der Waals surface area contributed by atoms with Gasteiger partial charge in [-0.15, -0.1) is 13.2 Å². The maximum absolute atomic E-state index is 14.7. The van der Waals surface area contributed by atoms with Gasteiger partial charge in [0, 0.05) is 12.2 Å². The lowest BCUT2D eigenvalue weighted by atomic mass is 9.70. The zero-order valence-corrected chi connectivity index (χ0v) is 23.6. The van der Waals surface area contributed by atoms with Gasteiger partial charge in [-0.05, 0) is 56.6 Å². The molecule has 1 spiro atoms. The molecule has 0 saturated carbocycles. The third-order valence-corrected chi connectivity index (χ3v) is 8.64. The number of aryl methyl sites for hydroxylation is 2. The van der Waals surface area contributed by atoms with E-state index in [0.717, 1.165) is 23.2 Å². The Kier molecular flexibility index (Phi) is 8.66. The fraction of sp³-hybridized carbons (Fsp3) is 0.581. The van der Waals surface area contributed by atoms with Crippen LogP contribution in [0.5, 0.6) is 0 Å². The number of rotatable bonds is 12. The Bertz CT molecular complexity index is 1110. The number of unbranched alkanes of at least 4 members (excludes halogenated alkanes) is 1. The van der Waals surface area contributed by atoms with Crippen molar-refractivity contribution in [2.24, 2.45) is 17.8 Å². The number of likely N-dealkylation sites (tertiary alicyclic amines) is 1. The average molecular weight is 539 g/mol. The number of hydrogen-bond donors (Lipinski definition) is 1. The molecule has 1 aromatic rings. The van der Waals surface area contributed by atoms with Crippen LogP contribution in [0.15, 0.2) is 43.5 Å². The molecule has 1 N–H and O–H groups in total. The second-order valence-electron chi connectivity index (χ2n) is 11.4. The van der Waals surface area contributed by atoms with Gasteiger partial charge in [0.05, 0.1) is 37.2 Å². The van der Waals surface area contributed by atoms with Crippen molar-refractivity contribution in [1.29, 1.82) is 0 Å². The van der Waals surface area contributed by atoms with Crippen LogP contribution in [0.2, 0.25) is 0 Å². The number of fused-ring (bicyclic) bond motifs is 1. The average Bonchev–Trinajstić information content (AvgIpc) is 3.53. The van der Waals surface area contributed by atoms with E-state index in [4.69, 9.17) is 9.47 Å². The van der Waals surface area contributed by atoms with E-state index < -0.39 is 41.6 Å². The summed E-state index contributed by atoms with van der Waals surface area (Å²) in [6.07, 6.45) is 5.36. The molecule has 39 heavy (non-hydrogen) atoms. The number of anilines is 1. The van der Waals surface area contributed by atoms with Crippen LogP contribution in [0.25, 0.3) is 0 Å². The standard InChI is InChI=1S/C31H42N2O6/c1-7-9-10-17-38-30(37)24-23-14-15-31(39-23)25(24)28(35)33(22(18-34)19(3)4)27(31)29(36)32(16-8-2)26-20(5)12-11-13-21(26)6/h7-8,11-13,19,22-25,27,34H,1-2,9-10,14-18H2,3-6H3/t22-,23-,24+,25-,27?,31?/m0/s1. The van der Waals surface area contributed by atoms with Crippen LogP contribution in [0.3, 0.4) is 0 Å². The van der Waals surface area contributed by atoms with Crippen molar-refractivity contribution < 1.29 is 29.0 Å². The predicted octanol–water partition coefficient (Wildman–Crippen LogP) is 3.72. The zero-order chi connectivity index (χ0) is 28.5. The van der Waals surface area contributed by atoms with Gasteiger partial charge in [-0.3, -0.25) is 14.4 Å². The highest BCUT2D eigenvalue weighted by atomic mass is 16.6. The van der Waals surface area contributed by atoms with Crippen molar-refractivity contribution >= 4 is 23.5 Å². The first-order valence-electron chi connectivity index (χ1n) is 14.0. The molecule has 2 unspecified atom stereocenters. The summed E-state index contributed by atoms with van der Waals surface area (Å²) in [6, 6.07) is 4.24. The van der Waals surface area contributed by atoms with Gasteiger partial charge in [0.25, 0.3) is 5.91 Å². The van der Waals surface area contributed by atoms with Crippen LogP contribution in [0.4, 0.5) is 5.69 Å². The Labute approximate surface area is 231 Å². The van der Waals surface area contributed by atoms with E-state index in [1.165, 1.54) is 4.90 Å². The molecule has 8 heteroatoms. The molecule has 3 heterocycles. The number of benzene rings is 1. The maximum atomic E-state index is 14.7. The lowest BCUT2D eigenvalue weighted by Gasteiger charge is -2.41. The van der Waals surface area contributed by atoms with Crippen molar-refractivity contribution in [3.63, 3.8) is 0 Å². The molecule has 0 aliphatic carbocycles. The smallest absolute Gasteiger partial charge is 0.312 e. The fourth-order valence-corrected chi connectivity index (χ4v) is 6.91. The van der Waals surface area contributed by atoms with Gasteiger partial charge in [-0.1, -0.05) is 44.2 Å². The summed E-state index contributed by atoms with van der Waals surface area (Å²) >= 11 is 0. The number of para-hydroxylation sites is 1. The van der Waals surface area contributed by atoms with Crippen LogP contribution in [-0.2, 0) is 23.9 Å². The third-order valence-electron chi connectivity index (χ3n) is 8.64. The first-order valence-corrected chi connectivity index (χ1v) is 14.0. The molecule has 1 aromatic carbocycles. The van der Waals surface area contributed by atoms with Gasteiger partial charge in [-0.25, -0.2) is 0 Å². The molecule has 6 atom stereocenters. The predicted molar refractivity (Wildman–Crippen MR) is 149 cm³/mol. The number of ether oxygens (including phenoxy) is 2. The van der Waals surface area contributed by atoms with Crippen molar-refractivity contribution in [3.05, 3.63) is 54.6 Å². The van der Waals surface area contributed by atoms with Crippen molar-refractivity contribution in [1.82, 2.24) is 4.90 Å². The lowest BCUT2D eigenvalue weighted by Crippen LogP contribution is -2.60. The highest BCUT2D eigenvalue weighted by Crippen LogP contribution is 2.59. The lowest BCUT2D eigenvalue weighted by molar-refractivity contribution is -0.156. The molecule has 3 aliphatic heterocycles. The summed E-state index contributed by atoms with van der Waals surface area (Å²) in [5.74, 6) is -2.82. The monoisotopic (exact) mass is 538 g/mol. The minimum absolute atomic E-state index is 0.126. The highest BCUT2D eigenvalue weighted by molar-refractivity contribution is 6.05. The first kappa shape index (κ1) is 29.0. The van der Waals surface area contributed by atoms with Gasteiger partial charge in [0.15, 0.2) is 0 Å². The quantitative estimate of drug-likeness (QED) is 0.248. The molecule has 0 aromatic heterocycles. The molecule has 2 amide bonds. The van der Waals surface area contributed by atoms with Gasteiger partial charge < -0.3 is 24.4 Å². The Morgan fingerprint density at radius 1 is 1.26 bits per heavy atom. The fourth-order valence-electron chi connectivity index (χ4n) is 6.91. The molecule has 0 radical (unpaired) electrons. The van der Waals surface area contributed by atoms with E-state index >= 15 is 0 Å². The van der Waals surface area contributed by atoms with Crippen molar-refractivity contribution in [3.8, 4) is 0 Å². The summed E-state index contributed by atoms with van der Waals surface area (Å²) in [7, 11) is 0. The molecule has 3 fully saturated rings. The van der Waals surface area contributed by atoms with Crippen LogP contribution in [0.1, 0.15) is 50.7 Å². The number of esters is 1. The Morgan fingerprint density at radius 2 is 1.95 bits per heavy atom. The van der Waals surface area contributed by atoms with E-state index in [1.807, 2.05) is 45.9 Å². The third kappa shape index (κ3) is 4.82. The van der Waals surface area contributed by atoms with Crippen LogP contribution in [0, 0.1) is 31.6 Å². The van der Waals surface area contributed by atoms with Gasteiger partial charge >= 0.3 is 5.97 Å². The molecular weight excluding hydrogens is 496 g/mol. The van der Waals surface area contributed by atoms with E-state index in [0.29, 0.717) is 19.3 Å². The van der Waals surface area contributed by atoms with Gasteiger partial charge in [0.1, 0.15) is 11.6 Å². The topological polar surface area (TPSA) is 96.4 Å². The second-order valence-corrected chi connectivity index (χ2v) is 11.4. The summed E-state index contributed by atoms with van der Waals surface area (Å²) in [5, 5.41) is 10.4. The van der Waals surface area contributed by atoms with Crippen molar-refractivity contribution in [2.75, 3.05) is 24.7 Å². The van der Waals surface area contributed by atoms with Crippen LogP contribution in [-0.4, -0.2) is 71.3 Å². The van der Waals surface area contributed by atoms with E-state index in [9.17, 15) is 19.5 Å². The number of amides is 2. The second kappa shape index (κ2) is 11.6. The normalized spacial score (nSPS) is 27.9. The molecule has 3 saturated heterocycles.